The molecule has 6 heteroatoms. The molecule has 0 spiro atoms. The molecule has 0 fully saturated rings. The highest BCUT2D eigenvalue weighted by Crippen LogP contribution is 1.97. The first-order valence-electron chi connectivity index (χ1n) is 3.20. The van der Waals surface area contributed by atoms with Crippen LogP contribution in [0.15, 0.2) is 0 Å². The van der Waals surface area contributed by atoms with Crippen LogP contribution in [0, 0.1) is 0 Å². The normalized spacial score (nSPS) is 9.55. The van der Waals surface area contributed by atoms with Gasteiger partial charge in [0.15, 0.2) is 5.11 Å². The Morgan fingerprint density at radius 1 is 1.82 bits per heavy atom. The van der Waals surface area contributed by atoms with Gasteiger partial charge in [0, 0.05) is 6.42 Å². The SMILES string of the molecule is CCc1nc(NC(N)=S)n[nH]1. The number of H-pyrrole nitrogens is 1. The molecule has 0 aliphatic heterocycles. The summed E-state index contributed by atoms with van der Waals surface area (Å²) in [7, 11) is 0. The average molecular weight is 171 g/mol. The van der Waals surface area contributed by atoms with Crippen molar-refractivity contribution in [2.45, 2.75) is 13.3 Å². The number of rotatable bonds is 2. The number of nitrogens with zero attached hydrogens (tertiary/aromatic N) is 2. The van der Waals surface area contributed by atoms with Crippen LogP contribution in [0.5, 0.6) is 0 Å². The van der Waals surface area contributed by atoms with Crippen LogP contribution in [0.3, 0.4) is 0 Å². The lowest BCUT2D eigenvalue weighted by Crippen LogP contribution is -2.19. The van der Waals surface area contributed by atoms with Gasteiger partial charge in [-0.05, 0) is 12.2 Å². The maximum atomic E-state index is 5.20. The van der Waals surface area contributed by atoms with Gasteiger partial charge >= 0.3 is 0 Å². The lowest BCUT2D eigenvalue weighted by Gasteiger charge is -1.93. The molecule has 1 heterocycles. The summed E-state index contributed by atoms with van der Waals surface area (Å²) in [6.45, 7) is 1.98. The van der Waals surface area contributed by atoms with Gasteiger partial charge in [-0.3, -0.25) is 5.10 Å². The Morgan fingerprint density at radius 2 is 2.55 bits per heavy atom. The first-order chi connectivity index (χ1) is 5.22. The summed E-state index contributed by atoms with van der Waals surface area (Å²) in [6, 6.07) is 0. The van der Waals surface area contributed by atoms with Crippen LogP contribution in [-0.4, -0.2) is 20.3 Å². The molecule has 0 atom stereocenters. The minimum absolute atomic E-state index is 0.173. The van der Waals surface area contributed by atoms with Gasteiger partial charge < -0.3 is 11.1 Å². The molecule has 11 heavy (non-hydrogen) atoms. The average Bonchev–Trinajstić information content (AvgIpc) is 2.34. The maximum Gasteiger partial charge on any atom is 0.248 e. The quantitative estimate of drug-likeness (QED) is 0.547. The van der Waals surface area contributed by atoms with Crippen molar-refractivity contribution in [3.05, 3.63) is 5.82 Å². The van der Waals surface area contributed by atoms with Crippen molar-refractivity contribution in [3.8, 4) is 0 Å². The van der Waals surface area contributed by atoms with E-state index in [1.54, 1.807) is 0 Å². The van der Waals surface area contributed by atoms with E-state index in [2.05, 4.69) is 32.7 Å². The van der Waals surface area contributed by atoms with E-state index in [1.807, 2.05) is 6.92 Å². The molecule has 0 aliphatic carbocycles. The lowest BCUT2D eigenvalue weighted by atomic mass is 10.5. The van der Waals surface area contributed by atoms with E-state index < -0.39 is 0 Å². The molecule has 4 N–H and O–H groups in total. The second kappa shape index (κ2) is 3.29. The number of aromatic nitrogens is 3. The summed E-state index contributed by atoms with van der Waals surface area (Å²) < 4.78 is 0. The van der Waals surface area contributed by atoms with Crippen LogP contribution in [-0.2, 0) is 6.42 Å². The van der Waals surface area contributed by atoms with Crippen molar-refractivity contribution in [3.63, 3.8) is 0 Å². The molecule has 0 saturated carbocycles. The summed E-state index contributed by atoms with van der Waals surface area (Å²) >= 11 is 4.60. The summed E-state index contributed by atoms with van der Waals surface area (Å²) in [4.78, 5) is 4.02. The van der Waals surface area contributed by atoms with E-state index in [-0.39, 0.29) is 5.11 Å². The van der Waals surface area contributed by atoms with Crippen LogP contribution in [0.25, 0.3) is 0 Å². The van der Waals surface area contributed by atoms with Crippen molar-refractivity contribution in [2.75, 3.05) is 5.32 Å². The standard InChI is InChI=1S/C5H9N5S/c1-2-3-7-5(10-9-3)8-4(6)11/h2H2,1H3,(H4,6,7,8,9,10,11). The van der Waals surface area contributed by atoms with Crippen molar-refractivity contribution < 1.29 is 0 Å². The number of nitrogens with two attached hydrogens (primary N) is 1. The van der Waals surface area contributed by atoms with Crippen molar-refractivity contribution in [1.82, 2.24) is 15.2 Å². The fourth-order valence-electron chi connectivity index (χ4n) is 0.620. The molecule has 0 aromatic carbocycles. The Balaban J connectivity index is 2.65. The third kappa shape index (κ3) is 2.15. The highest BCUT2D eigenvalue weighted by Gasteiger charge is 1.99. The van der Waals surface area contributed by atoms with E-state index in [4.69, 9.17) is 5.73 Å². The molecule has 1 aromatic rings. The number of thiocarbonyl (C=S) groups is 1. The Bertz CT molecular complexity index is 255. The molecular formula is C5H9N5S. The summed E-state index contributed by atoms with van der Waals surface area (Å²) in [6.07, 6.45) is 0.812. The third-order valence-corrected chi connectivity index (χ3v) is 1.20. The highest BCUT2D eigenvalue weighted by atomic mass is 32.1. The molecule has 0 unspecified atom stereocenters. The Labute approximate surface area is 69.4 Å². The Morgan fingerprint density at radius 3 is 3.00 bits per heavy atom. The topological polar surface area (TPSA) is 79.6 Å². The molecule has 0 radical (unpaired) electrons. The minimum atomic E-state index is 0.173. The molecule has 1 aromatic heterocycles. The van der Waals surface area contributed by atoms with Crippen molar-refractivity contribution in [1.29, 1.82) is 0 Å². The molecule has 5 nitrogen and oxygen atoms in total. The van der Waals surface area contributed by atoms with Crippen LogP contribution in [0.4, 0.5) is 5.95 Å². The van der Waals surface area contributed by atoms with E-state index in [0.717, 1.165) is 12.2 Å². The Kier molecular flexibility index (Phi) is 2.37. The number of aromatic amines is 1. The second-order valence-corrected chi connectivity index (χ2v) is 2.39. The molecular weight excluding hydrogens is 162 g/mol. The van der Waals surface area contributed by atoms with E-state index >= 15 is 0 Å². The second-order valence-electron chi connectivity index (χ2n) is 1.95. The van der Waals surface area contributed by atoms with Gasteiger partial charge in [0.05, 0.1) is 0 Å². The van der Waals surface area contributed by atoms with E-state index in [0.29, 0.717) is 5.95 Å². The zero-order chi connectivity index (χ0) is 8.27. The molecule has 0 amide bonds. The van der Waals surface area contributed by atoms with Gasteiger partial charge in [0.1, 0.15) is 5.82 Å². The first kappa shape index (κ1) is 7.93. The van der Waals surface area contributed by atoms with Crippen molar-refractivity contribution in [2.24, 2.45) is 5.73 Å². The molecule has 0 aliphatic rings. The van der Waals surface area contributed by atoms with Crippen LogP contribution >= 0.6 is 12.2 Å². The predicted molar refractivity (Wildman–Crippen MR) is 46.2 cm³/mol. The fraction of sp³-hybridized carbons (Fsp3) is 0.400. The maximum absolute atomic E-state index is 5.20. The third-order valence-electron chi connectivity index (χ3n) is 1.10. The van der Waals surface area contributed by atoms with Gasteiger partial charge in [-0.2, -0.15) is 4.98 Å². The molecule has 1 rings (SSSR count). The monoisotopic (exact) mass is 171 g/mol. The van der Waals surface area contributed by atoms with Gasteiger partial charge in [0.2, 0.25) is 5.95 Å². The fourth-order valence-corrected chi connectivity index (χ4v) is 0.711. The number of aryl methyl sites for hydroxylation is 1. The van der Waals surface area contributed by atoms with Gasteiger partial charge in [-0.15, -0.1) is 5.10 Å². The zero-order valence-electron chi connectivity index (χ0n) is 6.09. The van der Waals surface area contributed by atoms with Gasteiger partial charge in [-0.25, -0.2) is 0 Å². The summed E-state index contributed by atoms with van der Waals surface area (Å²) in [5, 5.41) is 9.32. The largest absolute Gasteiger partial charge is 0.376 e. The van der Waals surface area contributed by atoms with Gasteiger partial charge in [0.25, 0.3) is 0 Å². The summed E-state index contributed by atoms with van der Waals surface area (Å²) in [5.41, 5.74) is 5.20. The van der Waals surface area contributed by atoms with Crippen molar-refractivity contribution >= 4 is 23.3 Å². The number of anilines is 1. The zero-order valence-corrected chi connectivity index (χ0v) is 6.90. The molecule has 0 bridgehead atoms. The minimum Gasteiger partial charge on any atom is -0.376 e. The molecule has 0 saturated heterocycles. The smallest absolute Gasteiger partial charge is 0.248 e. The molecule has 60 valence electrons. The Hall–Kier alpha value is -1.17. The van der Waals surface area contributed by atoms with Gasteiger partial charge in [-0.1, -0.05) is 6.92 Å². The van der Waals surface area contributed by atoms with Crippen LogP contribution < -0.4 is 11.1 Å². The predicted octanol–water partition coefficient (Wildman–Crippen LogP) is 0.0226. The van der Waals surface area contributed by atoms with E-state index in [9.17, 15) is 0 Å². The number of hydrogen-bond donors (Lipinski definition) is 3. The van der Waals surface area contributed by atoms with E-state index in [1.165, 1.54) is 0 Å². The highest BCUT2D eigenvalue weighted by molar-refractivity contribution is 7.80. The van der Waals surface area contributed by atoms with Crippen LogP contribution in [0.1, 0.15) is 12.7 Å². The van der Waals surface area contributed by atoms with Crippen LogP contribution in [0.2, 0.25) is 0 Å². The number of nitrogens with one attached hydrogen (secondary N) is 2. The summed E-state index contributed by atoms with van der Waals surface area (Å²) in [5.74, 6) is 1.23. The first-order valence-corrected chi connectivity index (χ1v) is 3.61. The number of hydrogen-bond acceptors (Lipinski definition) is 3. The lowest BCUT2D eigenvalue weighted by molar-refractivity contribution is 0.946.